The number of alkyl halides is 3. The van der Waals surface area contributed by atoms with Crippen LogP contribution in [0, 0.1) is 0 Å². The molecule has 2 N–H and O–H groups in total. The monoisotopic (exact) mass is 403 g/mol. The summed E-state index contributed by atoms with van der Waals surface area (Å²) in [6.07, 6.45) is -4.61. The molecule has 1 aromatic carbocycles. The number of hydrogen-bond donors (Lipinski definition) is 2. The summed E-state index contributed by atoms with van der Waals surface area (Å²) in [6, 6.07) is 2.25. The Kier molecular flexibility index (Phi) is 5.76. The van der Waals surface area contributed by atoms with Crippen LogP contribution in [-0.2, 0) is 15.1 Å². The smallest absolute Gasteiger partial charge is 0.405 e. The number of benzene rings is 1. The first-order valence-corrected chi connectivity index (χ1v) is 8.17. The summed E-state index contributed by atoms with van der Waals surface area (Å²) in [4.78, 5) is 37.8. The molecule has 0 aromatic heterocycles. The summed E-state index contributed by atoms with van der Waals surface area (Å²) >= 11 is 0. The van der Waals surface area contributed by atoms with Crippen molar-refractivity contribution in [1.82, 2.24) is 15.5 Å². The number of rotatable bonds is 6. The van der Waals surface area contributed by atoms with Crippen LogP contribution < -0.4 is 20.1 Å². The van der Waals surface area contributed by atoms with Gasteiger partial charge in [0.1, 0.15) is 18.1 Å². The molecule has 1 aliphatic rings. The van der Waals surface area contributed by atoms with Crippen LogP contribution in [0.4, 0.5) is 18.0 Å². The number of nitrogens with zero attached hydrogens (tertiary/aromatic N) is 1. The molecule has 8 nitrogen and oxygen atoms in total. The van der Waals surface area contributed by atoms with E-state index in [0.717, 1.165) is 0 Å². The van der Waals surface area contributed by atoms with E-state index in [1.165, 1.54) is 40.2 Å². The highest BCUT2D eigenvalue weighted by Crippen LogP contribution is 2.35. The first-order chi connectivity index (χ1) is 12.9. The van der Waals surface area contributed by atoms with Gasteiger partial charge in [0.15, 0.2) is 11.5 Å². The second-order valence-electron chi connectivity index (χ2n) is 6.31. The quantitative estimate of drug-likeness (QED) is 0.703. The molecule has 11 heteroatoms. The van der Waals surface area contributed by atoms with Crippen LogP contribution in [0.15, 0.2) is 18.2 Å². The third-order valence-electron chi connectivity index (χ3n) is 4.41. The minimum Gasteiger partial charge on any atom is -0.493 e. The van der Waals surface area contributed by atoms with Crippen molar-refractivity contribution >= 4 is 17.8 Å². The molecule has 28 heavy (non-hydrogen) atoms. The van der Waals surface area contributed by atoms with Gasteiger partial charge in [0.2, 0.25) is 5.91 Å². The number of carbonyl (C=O) groups excluding carboxylic acids is 3. The summed E-state index contributed by atoms with van der Waals surface area (Å²) in [5.74, 6) is -1.15. The van der Waals surface area contributed by atoms with Crippen LogP contribution in [0.2, 0.25) is 0 Å². The van der Waals surface area contributed by atoms with Gasteiger partial charge in [-0.25, -0.2) is 9.69 Å². The van der Waals surface area contributed by atoms with Crippen molar-refractivity contribution in [2.75, 3.05) is 20.8 Å². The van der Waals surface area contributed by atoms with Gasteiger partial charge < -0.3 is 20.1 Å². The lowest BCUT2D eigenvalue weighted by atomic mass is 9.91. The first-order valence-electron chi connectivity index (χ1n) is 8.17. The molecule has 2 atom stereocenters. The van der Waals surface area contributed by atoms with Crippen LogP contribution in [0.3, 0.4) is 0 Å². The second kappa shape index (κ2) is 7.56. The minimum absolute atomic E-state index is 0.317. The lowest BCUT2D eigenvalue weighted by Gasteiger charge is -2.25. The van der Waals surface area contributed by atoms with Crippen molar-refractivity contribution < 1.29 is 37.0 Å². The van der Waals surface area contributed by atoms with Gasteiger partial charge in [-0.15, -0.1) is 0 Å². The number of carbonyl (C=O) groups is 3. The fraction of sp³-hybridized carbons (Fsp3) is 0.471. The molecule has 1 aliphatic heterocycles. The number of methoxy groups -OCH3 is 2. The number of hydrogen-bond acceptors (Lipinski definition) is 5. The Bertz CT molecular complexity index is 799. The SMILES string of the molecule is COc1ccc([C@]2(C)NC(=O)N([C@H](C)C(=O)NCC(F)(F)F)C2=O)cc1OC. The molecule has 1 fully saturated rings. The molecule has 1 saturated heterocycles. The van der Waals surface area contributed by atoms with E-state index >= 15 is 0 Å². The molecular formula is C17H20F3N3O5. The fourth-order valence-electron chi connectivity index (χ4n) is 2.81. The number of urea groups is 1. The van der Waals surface area contributed by atoms with Gasteiger partial charge in [0.05, 0.1) is 14.2 Å². The summed E-state index contributed by atoms with van der Waals surface area (Å²) < 4.78 is 47.2. The van der Waals surface area contributed by atoms with Crippen LogP contribution >= 0.6 is 0 Å². The molecule has 1 heterocycles. The highest BCUT2D eigenvalue weighted by molar-refractivity contribution is 6.10. The van der Waals surface area contributed by atoms with Crippen molar-refractivity contribution in [2.24, 2.45) is 0 Å². The van der Waals surface area contributed by atoms with Crippen molar-refractivity contribution in [3.8, 4) is 11.5 Å². The standard InChI is InChI=1S/C17H20F3N3O5/c1-9(13(24)21-8-17(18,19)20)23-14(25)16(2,22-15(23)26)10-5-6-11(27-3)12(7-10)28-4/h5-7,9H,8H2,1-4H3,(H,21,24)(H,22,26)/t9-,16+/m1/s1. The first kappa shape index (κ1) is 21.3. The van der Waals surface area contributed by atoms with Crippen LogP contribution in [0.5, 0.6) is 11.5 Å². The second-order valence-corrected chi connectivity index (χ2v) is 6.31. The van der Waals surface area contributed by atoms with E-state index in [0.29, 0.717) is 22.0 Å². The van der Waals surface area contributed by atoms with Crippen molar-refractivity contribution in [1.29, 1.82) is 0 Å². The average Bonchev–Trinajstić information content (AvgIpc) is 2.87. The van der Waals surface area contributed by atoms with Gasteiger partial charge in [-0.2, -0.15) is 13.2 Å². The predicted molar refractivity (Wildman–Crippen MR) is 90.8 cm³/mol. The summed E-state index contributed by atoms with van der Waals surface area (Å²) in [6.45, 7) is 1.03. The van der Waals surface area contributed by atoms with Crippen molar-refractivity contribution in [2.45, 2.75) is 31.6 Å². The zero-order valence-corrected chi connectivity index (χ0v) is 15.6. The van der Waals surface area contributed by atoms with Gasteiger partial charge in [0.25, 0.3) is 5.91 Å². The van der Waals surface area contributed by atoms with Gasteiger partial charge in [0, 0.05) is 0 Å². The maximum Gasteiger partial charge on any atom is 0.405 e. The molecular weight excluding hydrogens is 383 g/mol. The van der Waals surface area contributed by atoms with E-state index in [-0.39, 0.29) is 0 Å². The summed E-state index contributed by atoms with van der Waals surface area (Å²) in [5, 5.41) is 4.15. The topological polar surface area (TPSA) is 97.0 Å². The Morgan fingerprint density at radius 3 is 2.39 bits per heavy atom. The Morgan fingerprint density at radius 1 is 1.25 bits per heavy atom. The van der Waals surface area contributed by atoms with E-state index in [1.54, 1.807) is 11.4 Å². The van der Waals surface area contributed by atoms with Gasteiger partial charge >= 0.3 is 12.2 Å². The van der Waals surface area contributed by atoms with E-state index in [9.17, 15) is 27.6 Å². The molecule has 154 valence electrons. The number of amides is 4. The highest BCUT2D eigenvalue weighted by atomic mass is 19.4. The van der Waals surface area contributed by atoms with Crippen LogP contribution in [-0.4, -0.2) is 55.7 Å². The number of nitrogens with one attached hydrogen (secondary N) is 2. The van der Waals surface area contributed by atoms with Gasteiger partial charge in [-0.1, -0.05) is 6.07 Å². The molecule has 4 amide bonds. The van der Waals surface area contributed by atoms with Crippen LogP contribution in [0.1, 0.15) is 19.4 Å². The number of imide groups is 1. The normalized spacial score (nSPS) is 20.6. The Hall–Kier alpha value is -2.98. The van der Waals surface area contributed by atoms with E-state index in [4.69, 9.17) is 9.47 Å². The molecule has 0 radical (unpaired) electrons. The zero-order valence-electron chi connectivity index (χ0n) is 15.6. The Labute approximate surface area is 159 Å². The summed E-state index contributed by atoms with van der Waals surface area (Å²) in [5.41, 5.74) is -1.18. The molecule has 0 bridgehead atoms. The maximum atomic E-state index is 12.9. The largest absolute Gasteiger partial charge is 0.493 e. The lowest BCUT2D eigenvalue weighted by molar-refractivity contribution is -0.144. The fourth-order valence-corrected chi connectivity index (χ4v) is 2.81. The van der Waals surface area contributed by atoms with E-state index < -0.39 is 42.1 Å². The lowest BCUT2D eigenvalue weighted by Crippen LogP contribution is -2.50. The van der Waals surface area contributed by atoms with Crippen LogP contribution in [0.25, 0.3) is 0 Å². The number of ether oxygens (including phenoxy) is 2. The van der Waals surface area contributed by atoms with Crippen molar-refractivity contribution in [3.63, 3.8) is 0 Å². The molecule has 0 aliphatic carbocycles. The van der Waals surface area contributed by atoms with E-state index in [2.05, 4.69) is 5.32 Å². The third kappa shape index (κ3) is 3.97. The Morgan fingerprint density at radius 2 is 1.86 bits per heavy atom. The zero-order chi connectivity index (χ0) is 21.3. The molecule has 1 aromatic rings. The molecule has 0 saturated carbocycles. The molecule has 0 unspecified atom stereocenters. The van der Waals surface area contributed by atoms with Crippen molar-refractivity contribution in [3.05, 3.63) is 23.8 Å². The number of halogens is 3. The van der Waals surface area contributed by atoms with E-state index in [1.807, 2.05) is 0 Å². The summed E-state index contributed by atoms with van der Waals surface area (Å²) in [7, 11) is 2.84. The maximum absolute atomic E-state index is 12.9. The van der Waals surface area contributed by atoms with Gasteiger partial charge in [-0.05, 0) is 31.5 Å². The average molecular weight is 403 g/mol. The predicted octanol–water partition coefficient (Wildman–Crippen LogP) is 1.54. The highest BCUT2D eigenvalue weighted by Gasteiger charge is 2.52. The van der Waals surface area contributed by atoms with Gasteiger partial charge in [-0.3, -0.25) is 9.59 Å². The minimum atomic E-state index is -4.61. The third-order valence-corrected chi connectivity index (χ3v) is 4.41. The molecule has 0 spiro atoms. The Balaban J connectivity index is 2.28. The molecule has 2 rings (SSSR count).